The lowest BCUT2D eigenvalue weighted by molar-refractivity contribution is 0.312. The second-order valence-corrected chi connectivity index (χ2v) is 3.95. The number of hydrogen-bond donors (Lipinski definition) is 1. The summed E-state index contributed by atoms with van der Waals surface area (Å²) < 4.78 is 5.81. The normalized spacial score (nSPS) is 29.3. The van der Waals surface area contributed by atoms with E-state index < -0.39 is 0 Å². The third-order valence-electron chi connectivity index (χ3n) is 2.76. The van der Waals surface area contributed by atoms with E-state index in [0.29, 0.717) is 0 Å². The van der Waals surface area contributed by atoms with Crippen LogP contribution in [0.1, 0.15) is 12.0 Å². The van der Waals surface area contributed by atoms with Gasteiger partial charge in [-0.1, -0.05) is 24.3 Å². The van der Waals surface area contributed by atoms with Gasteiger partial charge in [-0.05, 0) is 23.3 Å². The van der Waals surface area contributed by atoms with Crippen molar-refractivity contribution in [2.24, 2.45) is 0 Å². The smallest absolute Gasteiger partial charge is 0.127 e. The Morgan fingerprint density at radius 1 is 1.27 bits per heavy atom. The van der Waals surface area contributed by atoms with Gasteiger partial charge in [0, 0.05) is 12.0 Å². The molecule has 1 unspecified atom stereocenters. The van der Waals surface area contributed by atoms with E-state index in [1.54, 1.807) is 0 Å². The minimum Gasteiger partial charge on any atom is -0.485 e. The first kappa shape index (κ1) is 8.74. The van der Waals surface area contributed by atoms with Crippen LogP contribution in [0.5, 0.6) is 5.75 Å². The predicted molar refractivity (Wildman–Crippen MR) is 58.6 cm³/mol. The third kappa shape index (κ3) is 1.57. The number of aliphatic hydroxyl groups is 1. The number of fused-ring (bicyclic) bond motifs is 2. The van der Waals surface area contributed by atoms with E-state index in [2.05, 4.69) is 0 Å². The van der Waals surface area contributed by atoms with Crippen molar-refractivity contribution in [3.05, 3.63) is 47.1 Å². The molecule has 0 bridgehead atoms. The van der Waals surface area contributed by atoms with Crippen LogP contribution in [0.3, 0.4) is 0 Å². The Balaban J connectivity index is 2.10. The molecular formula is C13H12O2. The Kier molecular flexibility index (Phi) is 1.89. The molecule has 1 aromatic rings. The van der Waals surface area contributed by atoms with Gasteiger partial charge in [-0.25, -0.2) is 0 Å². The van der Waals surface area contributed by atoms with Gasteiger partial charge in [0.15, 0.2) is 0 Å². The average Bonchev–Trinajstić information content (AvgIpc) is 2.95. The summed E-state index contributed by atoms with van der Waals surface area (Å²) in [5, 5.41) is 9.22. The highest BCUT2D eigenvalue weighted by atomic mass is 16.5. The van der Waals surface area contributed by atoms with Crippen molar-refractivity contribution in [2.45, 2.75) is 12.5 Å². The molecule has 1 heterocycles. The van der Waals surface area contributed by atoms with E-state index >= 15 is 0 Å². The summed E-state index contributed by atoms with van der Waals surface area (Å²) in [5.74, 6) is 0.913. The topological polar surface area (TPSA) is 29.5 Å². The highest BCUT2D eigenvalue weighted by Crippen LogP contribution is 2.38. The molecule has 0 aromatic heterocycles. The molecule has 1 saturated carbocycles. The fourth-order valence-electron chi connectivity index (χ4n) is 1.86. The molecular weight excluding hydrogens is 188 g/mol. The van der Waals surface area contributed by atoms with E-state index in [4.69, 9.17) is 4.74 Å². The fourth-order valence-corrected chi connectivity index (χ4v) is 1.86. The van der Waals surface area contributed by atoms with E-state index in [0.717, 1.165) is 23.3 Å². The monoisotopic (exact) mass is 200 g/mol. The molecule has 1 atom stereocenters. The van der Waals surface area contributed by atoms with Crippen LogP contribution < -0.4 is 4.74 Å². The van der Waals surface area contributed by atoms with Crippen molar-refractivity contribution in [1.29, 1.82) is 0 Å². The first-order valence-electron chi connectivity index (χ1n) is 5.14. The molecule has 1 N–H and O–H groups in total. The maximum Gasteiger partial charge on any atom is 0.127 e. The first-order valence-corrected chi connectivity index (χ1v) is 5.14. The zero-order chi connectivity index (χ0) is 10.3. The molecule has 1 fully saturated rings. The minimum atomic E-state index is 0.0879. The Labute approximate surface area is 88.5 Å². The number of rotatable bonds is 1. The van der Waals surface area contributed by atoms with Gasteiger partial charge in [0.2, 0.25) is 0 Å². The van der Waals surface area contributed by atoms with E-state index in [1.807, 2.05) is 36.4 Å². The summed E-state index contributed by atoms with van der Waals surface area (Å²) >= 11 is 0. The van der Waals surface area contributed by atoms with Crippen LogP contribution >= 0.6 is 0 Å². The van der Waals surface area contributed by atoms with Crippen molar-refractivity contribution in [3.8, 4) is 5.75 Å². The second-order valence-electron chi connectivity index (χ2n) is 3.95. The maximum atomic E-state index is 9.22. The van der Waals surface area contributed by atoms with E-state index in [1.165, 1.54) is 5.57 Å². The van der Waals surface area contributed by atoms with Crippen LogP contribution in [0.25, 0.3) is 6.08 Å². The molecule has 0 radical (unpaired) electrons. The van der Waals surface area contributed by atoms with Crippen molar-refractivity contribution in [3.63, 3.8) is 0 Å². The van der Waals surface area contributed by atoms with E-state index in [-0.39, 0.29) is 12.7 Å². The van der Waals surface area contributed by atoms with Gasteiger partial charge in [0.1, 0.15) is 11.9 Å². The minimum absolute atomic E-state index is 0.0879. The van der Waals surface area contributed by atoms with Crippen LogP contribution in [0.2, 0.25) is 0 Å². The van der Waals surface area contributed by atoms with Gasteiger partial charge in [-0.15, -0.1) is 0 Å². The van der Waals surface area contributed by atoms with Gasteiger partial charge in [-0.3, -0.25) is 0 Å². The predicted octanol–water partition coefficient (Wildman–Crippen LogP) is 2.15. The van der Waals surface area contributed by atoms with Crippen LogP contribution in [-0.4, -0.2) is 17.8 Å². The summed E-state index contributed by atoms with van der Waals surface area (Å²) in [6.45, 7) is 0.0879. The molecule has 2 nitrogen and oxygen atoms in total. The summed E-state index contributed by atoms with van der Waals surface area (Å²) in [5.41, 5.74) is 3.29. The van der Waals surface area contributed by atoms with Gasteiger partial charge in [0.05, 0.1) is 6.61 Å². The zero-order valence-electron chi connectivity index (χ0n) is 8.31. The second kappa shape index (κ2) is 3.24. The van der Waals surface area contributed by atoms with Gasteiger partial charge in [0.25, 0.3) is 0 Å². The van der Waals surface area contributed by atoms with Crippen molar-refractivity contribution < 1.29 is 9.84 Å². The molecule has 76 valence electrons. The Hall–Kier alpha value is -1.54. The number of hydrogen-bond acceptors (Lipinski definition) is 2. The zero-order valence-corrected chi connectivity index (χ0v) is 8.31. The number of aliphatic hydroxyl groups excluding tert-OH is 1. The Morgan fingerprint density at radius 2 is 2.13 bits per heavy atom. The number of para-hydroxylation sites is 1. The largest absolute Gasteiger partial charge is 0.485 e. The Morgan fingerprint density at radius 3 is 3.00 bits per heavy atom. The van der Waals surface area contributed by atoms with Crippen LogP contribution in [0.15, 0.2) is 41.5 Å². The van der Waals surface area contributed by atoms with Crippen molar-refractivity contribution >= 4 is 6.08 Å². The lowest BCUT2D eigenvalue weighted by Gasteiger charge is -2.10. The van der Waals surface area contributed by atoms with Gasteiger partial charge >= 0.3 is 0 Å². The molecule has 3 rings (SSSR count). The molecule has 2 heteroatoms. The molecule has 1 aromatic carbocycles. The summed E-state index contributed by atoms with van der Waals surface area (Å²) in [6, 6.07) is 7.93. The molecule has 0 spiro atoms. The van der Waals surface area contributed by atoms with Gasteiger partial charge in [-0.2, -0.15) is 0 Å². The van der Waals surface area contributed by atoms with Crippen LogP contribution in [0.4, 0.5) is 0 Å². The first-order chi connectivity index (χ1) is 7.36. The standard InChI is InChI=1S/C13H12O2/c14-8-9-5-10-3-1-2-4-12(10)15-13-7-11(13)6-9/h1-6,13-14H,7-8H2/b9-5+,11-6-. The molecule has 1 aliphatic carbocycles. The number of ether oxygens (including phenoxy) is 1. The molecule has 15 heavy (non-hydrogen) atoms. The summed E-state index contributed by atoms with van der Waals surface area (Å²) in [7, 11) is 0. The fraction of sp³-hybridized carbons (Fsp3) is 0.231. The van der Waals surface area contributed by atoms with Crippen LogP contribution in [-0.2, 0) is 0 Å². The van der Waals surface area contributed by atoms with Gasteiger partial charge < -0.3 is 9.84 Å². The SMILES string of the molecule is OCC1=C/c2ccccc2OC2C\C2=C\1. The molecule has 0 saturated heterocycles. The third-order valence-corrected chi connectivity index (χ3v) is 2.76. The highest BCUT2D eigenvalue weighted by Gasteiger charge is 2.33. The molecule has 0 amide bonds. The summed E-state index contributed by atoms with van der Waals surface area (Å²) in [4.78, 5) is 0. The lowest BCUT2D eigenvalue weighted by Crippen LogP contribution is -2.01. The van der Waals surface area contributed by atoms with E-state index in [9.17, 15) is 5.11 Å². The lowest BCUT2D eigenvalue weighted by atomic mass is 10.1. The maximum absolute atomic E-state index is 9.22. The molecule has 1 aliphatic heterocycles. The van der Waals surface area contributed by atoms with Crippen LogP contribution in [0, 0.1) is 0 Å². The summed E-state index contributed by atoms with van der Waals surface area (Å²) in [6.07, 6.45) is 5.25. The quantitative estimate of drug-likeness (QED) is 0.752. The van der Waals surface area contributed by atoms with Crippen molar-refractivity contribution in [2.75, 3.05) is 6.61 Å². The molecule has 2 aliphatic rings. The number of benzene rings is 1. The Bertz CT molecular complexity index is 457. The highest BCUT2D eigenvalue weighted by molar-refractivity contribution is 5.64. The van der Waals surface area contributed by atoms with Crippen molar-refractivity contribution in [1.82, 2.24) is 0 Å². The average molecular weight is 200 g/mol.